The molecule has 0 aromatic rings. The van der Waals surface area contributed by atoms with Gasteiger partial charge in [0.05, 0.1) is 0 Å². The highest BCUT2D eigenvalue weighted by Crippen LogP contribution is 2.56. The Balaban J connectivity index is 1.75. The maximum atomic E-state index is 13.3. The normalized spacial score (nSPS) is 39.1. The second-order valence-corrected chi connectivity index (χ2v) is 6.82. The molecule has 0 spiro atoms. The van der Waals surface area contributed by atoms with E-state index < -0.39 is 28.9 Å². The molecule has 4 aliphatic carbocycles. The minimum Gasteiger partial charge on any atom is -0.454 e. The summed E-state index contributed by atoms with van der Waals surface area (Å²) in [4.78, 5) is 23.5. The predicted molar refractivity (Wildman–Crippen MR) is 63.6 cm³/mol. The average Bonchev–Trinajstić information content (AvgIpc) is 2.34. The number of Topliss-reactive ketones (excluding diaryl/α,β-unsaturated/α-hetero) is 1. The molecule has 8 heteroatoms. The monoisotopic (exact) mass is 308 g/mol. The number of hydrogen-bond donors (Lipinski definition) is 1. The lowest BCUT2D eigenvalue weighted by Crippen LogP contribution is -2.57. The van der Waals surface area contributed by atoms with Crippen LogP contribution >= 0.6 is 12.0 Å². The fraction of sp³-hybridized carbons (Fsp3) is 0.833. The fourth-order valence-corrected chi connectivity index (χ4v) is 4.34. The Morgan fingerprint density at radius 3 is 2.45 bits per heavy atom. The van der Waals surface area contributed by atoms with E-state index in [1.807, 2.05) is 0 Å². The van der Waals surface area contributed by atoms with Crippen molar-refractivity contribution in [1.82, 2.24) is 0 Å². The first-order valence-corrected chi connectivity index (χ1v) is 7.24. The van der Waals surface area contributed by atoms with Gasteiger partial charge in [-0.1, -0.05) is 0 Å². The number of carbonyl (C=O) groups excluding carboxylic acids is 2. The van der Waals surface area contributed by atoms with Gasteiger partial charge in [0, 0.05) is 11.8 Å². The van der Waals surface area contributed by atoms with Gasteiger partial charge in [-0.25, -0.2) is 10.1 Å². The molecule has 0 aromatic heterocycles. The molecule has 0 amide bonds. The smallest absolute Gasteiger partial charge is 0.415 e. The predicted octanol–water partition coefficient (Wildman–Crippen LogP) is 2.41. The van der Waals surface area contributed by atoms with E-state index in [1.165, 1.54) is 0 Å². The Morgan fingerprint density at radius 1 is 1.30 bits per heavy atom. The van der Waals surface area contributed by atoms with Crippen molar-refractivity contribution in [2.45, 2.75) is 43.0 Å². The van der Waals surface area contributed by atoms with E-state index in [4.69, 9.17) is 9.99 Å². The van der Waals surface area contributed by atoms with Gasteiger partial charge in [0.25, 0.3) is 0 Å². The molecule has 0 heterocycles. The summed E-state index contributed by atoms with van der Waals surface area (Å²) in [5, 5.41) is 4.09. The van der Waals surface area contributed by atoms with Crippen LogP contribution in [0.5, 0.6) is 0 Å². The van der Waals surface area contributed by atoms with E-state index in [0.717, 1.165) is 12.8 Å². The SMILES string of the molecule is O=C1C2CC3CC1CC(OC(=O)C(F)(F)SOO)(C3)C2. The van der Waals surface area contributed by atoms with Crippen LogP contribution in [0.1, 0.15) is 32.1 Å². The highest BCUT2D eigenvalue weighted by Gasteiger charge is 2.59. The number of carbonyl (C=O) groups is 2. The summed E-state index contributed by atoms with van der Waals surface area (Å²) in [6, 6.07) is 0. The summed E-state index contributed by atoms with van der Waals surface area (Å²) < 4.78 is 35.0. The van der Waals surface area contributed by atoms with Crippen molar-refractivity contribution in [2.75, 3.05) is 0 Å². The van der Waals surface area contributed by atoms with Gasteiger partial charge in [0.1, 0.15) is 23.4 Å². The molecule has 1 N–H and O–H groups in total. The summed E-state index contributed by atoms with van der Waals surface area (Å²) in [6.07, 6.45) is 2.77. The number of alkyl halides is 2. The molecule has 5 nitrogen and oxygen atoms in total. The Labute approximate surface area is 118 Å². The maximum absolute atomic E-state index is 13.3. The van der Waals surface area contributed by atoms with Crippen molar-refractivity contribution in [2.24, 2.45) is 17.8 Å². The second-order valence-electron chi connectivity index (χ2n) is 5.99. The Kier molecular flexibility index (Phi) is 3.30. The summed E-state index contributed by atoms with van der Waals surface area (Å²) in [5.41, 5.74) is -0.944. The number of halogens is 2. The lowest BCUT2D eigenvalue weighted by Gasteiger charge is -2.54. The van der Waals surface area contributed by atoms with Gasteiger partial charge in [0.2, 0.25) is 0 Å². The van der Waals surface area contributed by atoms with Crippen molar-refractivity contribution in [3.8, 4) is 0 Å². The lowest BCUT2D eigenvalue weighted by molar-refractivity contribution is -0.202. The lowest BCUT2D eigenvalue weighted by atomic mass is 9.53. The molecule has 4 aliphatic rings. The minimum absolute atomic E-state index is 0.163. The van der Waals surface area contributed by atoms with Crippen molar-refractivity contribution in [3.63, 3.8) is 0 Å². The second kappa shape index (κ2) is 4.64. The Hall–Kier alpha value is -0.730. The number of esters is 1. The van der Waals surface area contributed by atoms with E-state index in [1.54, 1.807) is 0 Å². The van der Waals surface area contributed by atoms with Crippen LogP contribution in [0.4, 0.5) is 8.78 Å². The summed E-state index contributed by atoms with van der Waals surface area (Å²) in [5.74, 6) is -1.58. The molecule has 4 saturated carbocycles. The van der Waals surface area contributed by atoms with Crippen LogP contribution in [0.15, 0.2) is 0 Å². The zero-order valence-corrected chi connectivity index (χ0v) is 11.3. The topological polar surface area (TPSA) is 72.8 Å². The molecule has 2 unspecified atom stereocenters. The number of hydrogen-bond acceptors (Lipinski definition) is 6. The Morgan fingerprint density at radius 2 is 1.90 bits per heavy atom. The van der Waals surface area contributed by atoms with Gasteiger partial charge >= 0.3 is 11.2 Å². The van der Waals surface area contributed by atoms with Gasteiger partial charge in [-0.05, 0) is 38.0 Å². The molecular formula is C12H14F2O5S. The molecule has 20 heavy (non-hydrogen) atoms. The van der Waals surface area contributed by atoms with E-state index >= 15 is 0 Å². The van der Waals surface area contributed by atoms with E-state index in [2.05, 4.69) is 4.33 Å². The van der Waals surface area contributed by atoms with E-state index in [-0.39, 0.29) is 23.5 Å². The van der Waals surface area contributed by atoms with Crippen molar-refractivity contribution >= 4 is 23.8 Å². The Bertz CT molecular complexity index is 437. The van der Waals surface area contributed by atoms with Crippen molar-refractivity contribution < 1.29 is 32.7 Å². The molecule has 2 atom stereocenters. The minimum atomic E-state index is -3.96. The first-order valence-electron chi connectivity index (χ1n) is 6.49. The third-order valence-electron chi connectivity index (χ3n) is 4.63. The third kappa shape index (κ3) is 2.23. The van der Waals surface area contributed by atoms with Crippen LogP contribution in [0, 0.1) is 17.8 Å². The van der Waals surface area contributed by atoms with Crippen molar-refractivity contribution in [3.05, 3.63) is 0 Å². The van der Waals surface area contributed by atoms with Gasteiger partial charge in [0.15, 0.2) is 0 Å². The number of rotatable bonds is 4. The van der Waals surface area contributed by atoms with Gasteiger partial charge in [-0.2, -0.15) is 13.1 Å². The fourth-order valence-electron chi connectivity index (χ4n) is 4.14. The number of ketones is 1. The van der Waals surface area contributed by atoms with Gasteiger partial charge in [-0.3, -0.25) is 4.79 Å². The quantitative estimate of drug-likeness (QED) is 0.372. The van der Waals surface area contributed by atoms with E-state index in [0.29, 0.717) is 19.3 Å². The molecule has 0 saturated heterocycles. The molecular weight excluding hydrogens is 294 g/mol. The largest absolute Gasteiger partial charge is 0.454 e. The van der Waals surface area contributed by atoms with Crippen molar-refractivity contribution in [1.29, 1.82) is 0 Å². The first kappa shape index (κ1) is 14.2. The standard InChI is InChI=1S/C12H14F2O5S/c13-12(14,20-19-17)10(16)18-11-3-6-1-7(4-11)9(15)8(2-6)5-11/h6-8,17H,1-5H2. The maximum Gasteiger partial charge on any atom is 0.415 e. The third-order valence-corrected chi connectivity index (χ3v) is 5.08. The van der Waals surface area contributed by atoms with Gasteiger partial charge in [-0.15, -0.1) is 0 Å². The molecule has 0 radical (unpaired) electrons. The highest BCUT2D eigenvalue weighted by molar-refractivity contribution is 7.96. The molecule has 4 bridgehead atoms. The summed E-state index contributed by atoms with van der Waals surface area (Å²) >= 11 is -0.648. The molecule has 112 valence electrons. The first-order chi connectivity index (χ1) is 9.35. The zero-order valence-electron chi connectivity index (χ0n) is 10.5. The van der Waals surface area contributed by atoms with E-state index in [9.17, 15) is 18.4 Å². The van der Waals surface area contributed by atoms with Crippen LogP contribution in [0.3, 0.4) is 0 Å². The van der Waals surface area contributed by atoms with Crippen LogP contribution in [-0.2, 0) is 18.7 Å². The van der Waals surface area contributed by atoms with Crippen LogP contribution < -0.4 is 0 Å². The number of ether oxygens (including phenoxy) is 1. The summed E-state index contributed by atoms with van der Waals surface area (Å²) in [6.45, 7) is 0. The molecule has 0 aromatic carbocycles. The van der Waals surface area contributed by atoms with Crippen LogP contribution in [-0.4, -0.2) is 27.9 Å². The average molecular weight is 308 g/mol. The van der Waals surface area contributed by atoms with Crippen LogP contribution in [0.25, 0.3) is 0 Å². The van der Waals surface area contributed by atoms with Gasteiger partial charge < -0.3 is 4.74 Å². The molecule has 4 fully saturated rings. The zero-order chi connectivity index (χ0) is 14.5. The summed E-state index contributed by atoms with van der Waals surface area (Å²) in [7, 11) is 0. The molecule has 0 aliphatic heterocycles. The molecule has 4 rings (SSSR count). The highest BCUT2D eigenvalue weighted by atomic mass is 32.2. The van der Waals surface area contributed by atoms with Crippen LogP contribution in [0.2, 0.25) is 0 Å².